The Morgan fingerprint density at radius 3 is 2.59 bits per heavy atom. The van der Waals surface area contributed by atoms with Crippen molar-refractivity contribution in [2.75, 3.05) is 5.32 Å². The minimum atomic E-state index is -0.201. The fourth-order valence-electron chi connectivity index (χ4n) is 3.96. The van der Waals surface area contributed by atoms with Crippen molar-refractivity contribution in [2.45, 2.75) is 45.6 Å². The lowest BCUT2D eigenvalue weighted by Crippen LogP contribution is -2.30. The molecule has 0 atom stereocenters. The molecule has 7 nitrogen and oxygen atoms in total. The molecule has 1 fully saturated rings. The number of anilines is 2. The van der Waals surface area contributed by atoms with Crippen molar-refractivity contribution < 1.29 is 4.79 Å². The summed E-state index contributed by atoms with van der Waals surface area (Å²) in [4.78, 5) is 38.0. The van der Waals surface area contributed by atoms with Crippen LogP contribution in [0.25, 0.3) is 10.9 Å². The van der Waals surface area contributed by atoms with Gasteiger partial charge in [0.05, 0.1) is 17.3 Å². The van der Waals surface area contributed by atoms with Gasteiger partial charge in [-0.1, -0.05) is 12.8 Å². The lowest BCUT2D eigenvalue weighted by Gasteiger charge is -2.20. The molecule has 0 saturated heterocycles. The first-order chi connectivity index (χ1) is 13.1. The predicted octanol–water partition coefficient (Wildman–Crippen LogP) is 3.56. The minimum Gasteiger partial charge on any atom is -0.324 e. The van der Waals surface area contributed by atoms with Crippen LogP contribution in [-0.4, -0.2) is 25.3 Å². The third-order valence-corrected chi connectivity index (χ3v) is 5.21. The van der Waals surface area contributed by atoms with Gasteiger partial charge in [-0.05, 0) is 32.3 Å². The van der Waals surface area contributed by atoms with Gasteiger partial charge >= 0.3 is 0 Å². The van der Waals surface area contributed by atoms with Crippen LogP contribution in [0.1, 0.15) is 54.6 Å². The van der Waals surface area contributed by atoms with Crippen LogP contribution in [0.5, 0.6) is 0 Å². The van der Waals surface area contributed by atoms with E-state index in [0.717, 1.165) is 36.6 Å². The second-order valence-electron chi connectivity index (χ2n) is 6.97. The SMILES string of the molecule is CC(=O)c1c(C)c2cnc(Nc3cnccn3)cc2n(C2CCCC2)c1=O. The average molecular weight is 363 g/mol. The highest BCUT2D eigenvalue weighted by molar-refractivity contribution is 6.00. The molecular formula is C20H21N5O2. The van der Waals surface area contributed by atoms with E-state index in [0.29, 0.717) is 17.2 Å². The van der Waals surface area contributed by atoms with Gasteiger partial charge in [-0.2, -0.15) is 0 Å². The number of nitrogens with one attached hydrogen (secondary N) is 1. The normalized spacial score (nSPS) is 14.6. The number of hydrogen-bond acceptors (Lipinski definition) is 6. The molecule has 27 heavy (non-hydrogen) atoms. The molecule has 0 aromatic carbocycles. The van der Waals surface area contributed by atoms with Crippen molar-refractivity contribution in [2.24, 2.45) is 0 Å². The van der Waals surface area contributed by atoms with E-state index in [-0.39, 0.29) is 22.9 Å². The molecule has 0 radical (unpaired) electrons. The summed E-state index contributed by atoms with van der Waals surface area (Å²) in [7, 11) is 0. The van der Waals surface area contributed by atoms with Gasteiger partial charge in [0.15, 0.2) is 5.78 Å². The first kappa shape index (κ1) is 17.3. The van der Waals surface area contributed by atoms with Gasteiger partial charge < -0.3 is 9.88 Å². The van der Waals surface area contributed by atoms with Crippen molar-refractivity contribution in [1.29, 1.82) is 0 Å². The zero-order chi connectivity index (χ0) is 19.0. The first-order valence-corrected chi connectivity index (χ1v) is 9.15. The van der Waals surface area contributed by atoms with Crippen molar-refractivity contribution >= 4 is 28.3 Å². The van der Waals surface area contributed by atoms with Crippen molar-refractivity contribution in [3.63, 3.8) is 0 Å². The lowest BCUT2D eigenvalue weighted by molar-refractivity contribution is 0.101. The molecule has 0 unspecified atom stereocenters. The number of carbonyl (C=O) groups excluding carboxylic acids is 1. The Kier molecular flexibility index (Phi) is 4.43. The largest absolute Gasteiger partial charge is 0.324 e. The molecule has 0 spiro atoms. The van der Waals surface area contributed by atoms with Crippen LogP contribution in [0.3, 0.4) is 0 Å². The number of aryl methyl sites for hydroxylation is 1. The third kappa shape index (κ3) is 3.09. The monoisotopic (exact) mass is 363 g/mol. The Labute approximate surface area is 156 Å². The van der Waals surface area contributed by atoms with Crippen molar-refractivity contribution in [3.8, 4) is 0 Å². The van der Waals surface area contributed by atoms with E-state index in [2.05, 4.69) is 20.3 Å². The Hall–Kier alpha value is -3.09. The van der Waals surface area contributed by atoms with Gasteiger partial charge in [0, 0.05) is 36.1 Å². The van der Waals surface area contributed by atoms with Crippen LogP contribution in [0.15, 0.2) is 35.6 Å². The van der Waals surface area contributed by atoms with E-state index in [1.54, 1.807) is 29.4 Å². The second-order valence-corrected chi connectivity index (χ2v) is 6.97. The standard InChI is InChI=1S/C20H21N5O2/c1-12-15-10-23-17(24-18-11-21-7-8-22-18)9-16(15)25(14-5-3-4-6-14)20(27)19(12)13(2)26/h7-11,14H,3-6H2,1-2H3,(H,22,23,24). The molecule has 0 amide bonds. The van der Waals surface area contributed by atoms with E-state index < -0.39 is 0 Å². The summed E-state index contributed by atoms with van der Waals surface area (Å²) in [5, 5.41) is 3.95. The Balaban J connectivity index is 1.93. The Morgan fingerprint density at radius 1 is 1.15 bits per heavy atom. The van der Waals surface area contributed by atoms with Gasteiger partial charge in [0.1, 0.15) is 11.6 Å². The third-order valence-electron chi connectivity index (χ3n) is 5.21. The summed E-state index contributed by atoms with van der Waals surface area (Å²) < 4.78 is 1.80. The zero-order valence-electron chi connectivity index (χ0n) is 15.4. The molecule has 1 aliphatic rings. The molecule has 0 bridgehead atoms. The van der Waals surface area contributed by atoms with Crippen LogP contribution < -0.4 is 10.9 Å². The highest BCUT2D eigenvalue weighted by atomic mass is 16.1. The maximum absolute atomic E-state index is 13.2. The lowest BCUT2D eigenvalue weighted by atomic mass is 10.0. The smallest absolute Gasteiger partial charge is 0.262 e. The quantitative estimate of drug-likeness (QED) is 0.713. The van der Waals surface area contributed by atoms with Crippen LogP contribution >= 0.6 is 0 Å². The van der Waals surface area contributed by atoms with E-state index in [1.165, 1.54) is 6.92 Å². The molecule has 0 aliphatic heterocycles. The van der Waals surface area contributed by atoms with E-state index >= 15 is 0 Å². The Bertz CT molecular complexity index is 1070. The number of Topliss-reactive ketones (excluding diaryl/α,β-unsaturated/α-hetero) is 1. The molecule has 1 N–H and O–H groups in total. The molecule has 3 aromatic rings. The van der Waals surface area contributed by atoms with Gasteiger partial charge in [-0.15, -0.1) is 0 Å². The minimum absolute atomic E-state index is 0.116. The molecule has 1 saturated carbocycles. The van der Waals surface area contributed by atoms with Crippen molar-refractivity contribution in [1.82, 2.24) is 19.5 Å². The first-order valence-electron chi connectivity index (χ1n) is 9.15. The van der Waals surface area contributed by atoms with E-state index in [9.17, 15) is 9.59 Å². The number of nitrogens with zero attached hydrogens (tertiary/aromatic N) is 4. The van der Waals surface area contributed by atoms with E-state index in [1.807, 2.05) is 13.0 Å². The summed E-state index contributed by atoms with van der Waals surface area (Å²) in [6.07, 6.45) is 10.6. The fourth-order valence-corrected chi connectivity index (χ4v) is 3.96. The number of rotatable bonds is 4. The summed E-state index contributed by atoms with van der Waals surface area (Å²) in [6, 6.07) is 1.98. The fraction of sp³-hybridized carbons (Fsp3) is 0.350. The Morgan fingerprint density at radius 2 is 1.93 bits per heavy atom. The van der Waals surface area contributed by atoms with Gasteiger partial charge in [-0.25, -0.2) is 9.97 Å². The van der Waals surface area contributed by atoms with Gasteiger partial charge in [0.2, 0.25) is 0 Å². The highest BCUT2D eigenvalue weighted by Gasteiger charge is 2.25. The number of aromatic nitrogens is 4. The van der Waals surface area contributed by atoms with E-state index in [4.69, 9.17) is 0 Å². The number of carbonyl (C=O) groups is 1. The highest BCUT2D eigenvalue weighted by Crippen LogP contribution is 2.33. The number of pyridine rings is 2. The summed E-state index contributed by atoms with van der Waals surface area (Å²) in [5.74, 6) is 0.966. The molecule has 7 heteroatoms. The number of fused-ring (bicyclic) bond motifs is 1. The molecular weight excluding hydrogens is 342 g/mol. The van der Waals surface area contributed by atoms with Gasteiger partial charge in [0.25, 0.3) is 5.56 Å². The van der Waals surface area contributed by atoms with Gasteiger partial charge in [-0.3, -0.25) is 14.6 Å². The van der Waals surface area contributed by atoms with Crippen molar-refractivity contribution in [3.05, 3.63) is 52.3 Å². The summed E-state index contributed by atoms with van der Waals surface area (Å²) in [5.41, 5.74) is 1.56. The zero-order valence-corrected chi connectivity index (χ0v) is 15.4. The predicted molar refractivity (Wildman–Crippen MR) is 104 cm³/mol. The van der Waals surface area contributed by atoms with Crippen LogP contribution in [0, 0.1) is 6.92 Å². The maximum atomic E-state index is 13.2. The average Bonchev–Trinajstić information content (AvgIpc) is 3.16. The molecule has 138 valence electrons. The second kappa shape index (κ2) is 6.90. The molecule has 4 rings (SSSR count). The molecule has 3 aromatic heterocycles. The maximum Gasteiger partial charge on any atom is 0.262 e. The van der Waals surface area contributed by atoms with Crippen LogP contribution in [-0.2, 0) is 0 Å². The topological polar surface area (TPSA) is 89.8 Å². The summed E-state index contributed by atoms with van der Waals surface area (Å²) in [6.45, 7) is 3.27. The molecule has 1 aliphatic carbocycles. The molecule has 3 heterocycles. The number of hydrogen-bond donors (Lipinski definition) is 1. The number of ketones is 1. The van der Waals surface area contributed by atoms with Crippen LogP contribution in [0.2, 0.25) is 0 Å². The summed E-state index contributed by atoms with van der Waals surface area (Å²) >= 11 is 0. The van der Waals surface area contributed by atoms with Crippen LogP contribution in [0.4, 0.5) is 11.6 Å².